The van der Waals surface area contributed by atoms with Gasteiger partial charge in [-0.2, -0.15) is 0 Å². The Balaban J connectivity index is 1.05. The normalized spacial score (nSPS) is 30.4. The SMILES string of the molecule is CCCCCOC(=O)C1CC2OC2CC1C(=O)OCCCCCCCOC(=O)C1CC2OC2CC1C(=O)OCCCCC. The number of fused-ring (bicyclic) bond motifs is 2. The second-order valence-electron chi connectivity index (χ2n) is 12.6. The summed E-state index contributed by atoms with van der Waals surface area (Å²) in [5.74, 6) is -3.24. The van der Waals surface area contributed by atoms with Crippen molar-refractivity contribution in [2.75, 3.05) is 26.4 Å². The molecule has 0 aromatic heterocycles. The molecule has 4 fully saturated rings. The van der Waals surface area contributed by atoms with Crippen molar-refractivity contribution in [1.82, 2.24) is 0 Å². The van der Waals surface area contributed by atoms with E-state index in [1.165, 1.54) is 0 Å². The van der Waals surface area contributed by atoms with E-state index in [1.807, 2.05) is 0 Å². The number of esters is 4. The van der Waals surface area contributed by atoms with Gasteiger partial charge in [0, 0.05) is 0 Å². The smallest absolute Gasteiger partial charge is 0.309 e. The van der Waals surface area contributed by atoms with E-state index in [0.29, 0.717) is 52.1 Å². The van der Waals surface area contributed by atoms with Gasteiger partial charge in [-0.15, -0.1) is 0 Å². The molecule has 0 radical (unpaired) electrons. The summed E-state index contributed by atoms with van der Waals surface area (Å²) in [4.78, 5) is 50.9. The number of rotatable bonds is 20. The average Bonchev–Trinajstić information content (AvgIpc) is 3.93. The Morgan fingerprint density at radius 3 is 0.977 bits per heavy atom. The van der Waals surface area contributed by atoms with Crippen molar-refractivity contribution >= 4 is 23.9 Å². The number of hydrogen-bond donors (Lipinski definition) is 0. The van der Waals surface area contributed by atoms with Crippen molar-refractivity contribution in [3.63, 3.8) is 0 Å². The molecule has 8 unspecified atom stereocenters. The van der Waals surface area contributed by atoms with Crippen LogP contribution in [0, 0.1) is 23.7 Å². The van der Waals surface area contributed by atoms with Crippen LogP contribution in [0.3, 0.4) is 0 Å². The fourth-order valence-electron chi connectivity index (χ4n) is 6.45. The molecule has 2 saturated heterocycles. The molecule has 4 rings (SSSR count). The van der Waals surface area contributed by atoms with Crippen LogP contribution in [0.5, 0.6) is 0 Å². The van der Waals surface area contributed by atoms with Gasteiger partial charge >= 0.3 is 23.9 Å². The molecule has 2 aliphatic heterocycles. The van der Waals surface area contributed by atoms with Gasteiger partial charge in [0.25, 0.3) is 0 Å². The van der Waals surface area contributed by atoms with E-state index in [4.69, 9.17) is 28.4 Å². The minimum atomic E-state index is -0.499. The zero-order chi connectivity index (χ0) is 30.6. The fourth-order valence-corrected chi connectivity index (χ4v) is 6.45. The molecule has 0 N–H and O–H groups in total. The molecule has 4 aliphatic rings. The van der Waals surface area contributed by atoms with E-state index in [-0.39, 0.29) is 48.3 Å². The van der Waals surface area contributed by atoms with Gasteiger partial charge in [0.05, 0.1) is 74.5 Å². The zero-order valence-electron chi connectivity index (χ0n) is 26.1. The first-order valence-electron chi connectivity index (χ1n) is 16.9. The van der Waals surface area contributed by atoms with Gasteiger partial charge in [0.1, 0.15) is 0 Å². The molecule has 2 aliphatic carbocycles. The van der Waals surface area contributed by atoms with E-state index in [9.17, 15) is 19.2 Å². The maximum absolute atomic E-state index is 12.8. The van der Waals surface area contributed by atoms with E-state index in [2.05, 4.69) is 13.8 Å². The quantitative estimate of drug-likeness (QED) is 0.0798. The van der Waals surface area contributed by atoms with Crippen LogP contribution in [0.2, 0.25) is 0 Å². The lowest BCUT2D eigenvalue weighted by atomic mass is 9.79. The van der Waals surface area contributed by atoms with Crippen LogP contribution < -0.4 is 0 Å². The monoisotopic (exact) mass is 608 g/mol. The van der Waals surface area contributed by atoms with Gasteiger partial charge in [-0.05, 0) is 51.4 Å². The van der Waals surface area contributed by atoms with Gasteiger partial charge in [-0.1, -0.05) is 58.8 Å². The van der Waals surface area contributed by atoms with Crippen molar-refractivity contribution in [2.24, 2.45) is 23.7 Å². The van der Waals surface area contributed by atoms with Crippen molar-refractivity contribution in [1.29, 1.82) is 0 Å². The number of unbranched alkanes of at least 4 members (excludes halogenated alkanes) is 8. The predicted molar refractivity (Wildman–Crippen MR) is 156 cm³/mol. The van der Waals surface area contributed by atoms with Gasteiger partial charge in [0.2, 0.25) is 0 Å². The molecule has 0 amide bonds. The molecule has 0 bridgehead atoms. The Hall–Kier alpha value is -2.20. The summed E-state index contributed by atoms with van der Waals surface area (Å²) >= 11 is 0. The highest BCUT2D eigenvalue weighted by molar-refractivity contribution is 5.83. The number of carbonyl (C=O) groups excluding carboxylic acids is 4. The molecule has 43 heavy (non-hydrogen) atoms. The predicted octanol–water partition coefficient (Wildman–Crippen LogP) is 5.08. The topological polar surface area (TPSA) is 130 Å². The van der Waals surface area contributed by atoms with E-state index < -0.39 is 23.7 Å². The minimum absolute atomic E-state index is 0.0584. The summed E-state index contributed by atoms with van der Waals surface area (Å²) in [6.45, 7) is 5.62. The van der Waals surface area contributed by atoms with Crippen molar-refractivity contribution in [2.45, 2.75) is 135 Å². The average molecular weight is 609 g/mol. The summed E-state index contributed by atoms with van der Waals surface area (Å²) < 4.78 is 33.2. The van der Waals surface area contributed by atoms with Crippen LogP contribution in [0.4, 0.5) is 0 Å². The van der Waals surface area contributed by atoms with Crippen LogP contribution in [0.15, 0.2) is 0 Å². The van der Waals surface area contributed by atoms with Crippen LogP contribution in [0.1, 0.15) is 110 Å². The highest BCUT2D eigenvalue weighted by Gasteiger charge is 2.54. The summed E-state index contributed by atoms with van der Waals surface area (Å²) in [5, 5.41) is 0. The number of ether oxygens (including phenoxy) is 6. The molecule has 0 aromatic rings. The summed E-state index contributed by atoms with van der Waals surface area (Å²) in [7, 11) is 0. The summed E-state index contributed by atoms with van der Waals surface area (Å²) in [6.07, 6.45) is 12.3. The Kier molecular flexibility index (Phi) is 13.6. The largest absolute Gasteiger partial charge is 0.465 e. The third kappa shape index (κ3) is 10.4. The maximum Gasteiger partial charge on any atom is 0.309 e. The molecule has 2 heterocycles. The second-order valence-corrected chi connectivity index (χ2v) is 12.6. The number of epoxide rings is 2. The third-order valence-corrected chi connectivity index (χ3v) is 9.26. The van der Waals surface area contributed by atoms with Gasteiger partial charge in [-0.25, -0.2) is 0 Å². The van der Waals surface area contributed by atoms with E-state index in [1.54, 1.807) is 0 Å². The molecule has 0 aromatic carbocycles. The van der Waals surface area contributed by atoms with Crippen LogP contribution in [-0.2, 0) is 47.6 Å². The Morgan fingerprint density at radius 2 is 0.698 bits per heavy atom. The number of carbonyl (C=O) groups is 4. The van der Waals surface area contributed by atoms with Crippen LogP contribution in [0.25, 0.3) is 0 Å². The lowest BCUT2D eigenvalue weighted by molar-refractivity contribution is -0.162. The summed E-state index contributed by atoms with van der Waals surface area (Å²) in [6, 6.07) is 0. The van der Waals surface area contributed by atoms with Crippen molar-refractivity contribution < 1.29 is 47.6 Å². The lowest BCUT2D eigenvalue weighted by Gasteiger charge is -2.26. The summed E-state index contributed by atoms with van der Waals surface area (Å²) in [5.41, 5.74) is 0. The maximum atomic E-state index is 12.8. The van der Waals surface area contributed by atoms with E-state index in [0.717, 1.165) is 70.6 Å². The zero-order valence-corrected chi connectivity index (χ0v) is 26.1. The molecule has 2 saturated carbocycles. The van der Waals surface area contributed by atoms with Crippen molar-refractivity contribution in [3.05, 3.63) is 0 Å². The Labute approximate surface area is 256 Å². The minimum Gasteiger partial charge on any atom is -0.465 e. The van der Waals surface area contributed by atoms with Crippen LogP contribution in [-0.4, -0.2) is 74.7 Å². The van der Waals surface area contributed by atoms with Gasteiger partial charge < -0.3 is 28.4 Å². The van der Waals surface area contributed by atoms with Gasteiger partial charge in [-0.3, -0.25) is 19.2 Å². The first kappa shape index (κ1) is 33.7. The molecular formula is C33H52O10. The second kappa shape index (κ2) is 17.3. The number of hydrogen-bond acceptors (Lipinski definition) is 10. The third-order valence-electron chi connectivity index (χ3n) is 9.26. The highest BCUT2D eigenvalue weighted by atomic mass is 16.6. The fraction of sp³-hybridized carbons (Fsp3) is 0.879. The van der Waals surface area contributed by atoms with Crippen molar-refractivity contribution in [3.8, 4) is 0 Å². The van der Waals surface area contributed by atoms with E-state index >= 15 is 0 Å². The Morgan fingerprint density at radius 1 is 0.442 bits per heavy atom. The lowest BCUT2D eigenvalue weighted by Crippen LogP contribution is -2.38. The first-order valence-corrected chi connectivity index (χ1v) is 16.9. The standard InChI is InChI=1S/C33H52O10/c1-3-5-10-14-38-30(34)22-18-26-28(42-26)20-24(22)32(36)40-16-12-8-7-9-13-17-41-33(37)25-21-29-27(43-29)19-23(25)31(35)39-15-11-6-4-2/h22-29H,3-21H2,1-2H3. The Bertz CT molecular complexity index is 849. The molecule has 8 atom stereocenters. The molecular weight excluding hydrogens is 556 g/mol. The molecule has 0 spiro atoms. The molecule has 10 heteroatoms. The van der Waals surface area contributed by atoms with Gasteiger partial charge in [0.15, 0.2) is 0 Å². The molecule has 10 nitrogen and oxygen atoms in total. The molecule has 244 valence electrons. The highest BCUT2D eigenvalue weighted by Crippen LogP contribution is 2.45. The van der Waals surface area contributed by atoms with Crippen LogP contribution >= 0.6 is 0 Å². The first-order chi connectivity index (χ1) is 20.9.